The van der Waals surface area contributed by atoms with Crippen molar-refractivity contribution in [2.75, 3.05) is 0 Å². The van der Waals surface area contributed by atoms with Crippen molar-refractivity contribution >= 4 is 17.6 Å². The van der Waals surface area contributed by atoms with Crippen LogP contribution in [0.15, 0.2) is 22.8 Å². The molecule has 0 saturated heterocycles. The van der Waals surface area contributed by atoms with Gasteiger partial charge in [0, 0.05) is 13.0 Å². The van der Waals surface area contributed by atoms with Crippen molar-refractivity contribution in [3.05, 3.63) is 24.2 Å². The van der Waals surface area contributed by atoms with Crippen molar-refractivity contribution in [1.82, 2.24) is 10.2 Å². The third-order valence-electron chi connectivity index (χ3n) is 4.21. The van der Waals surface area contributed by atoms with Crippen LogP contribution in [-0.2, 0) is 20.9 Å². The van der Waals surface area contributed by atoms with Gasteiger partial charge in [-0.1, -0.05) is 19.3 Å². The summed E-state index contributed by atoms with van der Waals surface area (Å²) < 4.78 is 5.24. The van der Waals surface area contributed by atoms with Gasteiger partial charge in [-0.3, -0.25) is 14.4 Å². The van der Waals surface area contributed by atoms with E-state index in [0.717, 1.165) is 25.7 Å². The molecular weight excluding hydrogens is 296 g/mol. The van der Waals surface area contributed by atoms with Gasteiger partial charge in [0.1, 0.15) is 5.76 Å². The van der Waals surface area contributed by atoms with Crippen molar-refractivity contribution in [3.63, 3.8) is 0 Å². The van der Waals surface area contributed by atoms with Crippen LogP contribution in [-0.4, -0.2) is 34.6 Å². The summed E-state index contributed by atoms with van der Waals surface area (Å²) in [5.74, 6) is -0.538. The van der Waals surface area contributed by atoms with E-state index in [1.807, 2.05) is 0 Å². The van der Waals surface area contributed by atoms with Gasteiger partial charge in [0.15, 0.2) is 11.8 Å². The Kier molecular flexibility index (Phi) is 5.96. The van der Waals surface area contributed by atoms with E-state index in [2.05, 4.69) is 5.32 Å². The van der Waals surface area contributed by atoms with E-state index in [4.69, 9.17) is 4.42 Å². The molecule has 0 spiro atoms. The number of rotatable bonds is 6. The molecule has 1 aliphatic rings. The highest BCUT2D eigenvalue weighted by Gasteiger charge is 2.33. The van der Waals surface area contributed by atoms with Gasteiger partial charge in [-0.25, -0.2) is 0 Å². The topological polar surface area (TPSA) is 79.6 Å². The first-order valence-electron chi connectivity index (χ1n) is 8.09. The Bertz CT molecular complexity index is 547. The van der Waals surface area contributed by atoms with E-state index in [1.54, 1.807) is 12.1 Å². The normalized spacial score (nSPS) is 16.6. The number of nitrogens with zero attached hydrogens (tertiary/aromatic N) is 1. The fraction of sp³-hybridized carbons (Fsp3) is 0.588. The minimum Gasteiger partial charge on any atom is -0.467 e. The molecule has 2 rings (SSSR count). The van der Waals surface area contributed by atoms with Crippen LogP contribution in [0.4, 0.5) is 0 Å². The third-order valence-corrected chi connectivity index (χ3v) is 4.21. The maximum atomic E-state index is 12.6. The van der Waals surface area contributed by atoms with Gasteiger partial charge < -0.3 is 14.6 Å². The molecule has 1 fully saturated rings. The minimum absolute atomic E-state index is 0.0931. The highest BCUT2D eigenvalue weighted by Crippen LogP contribution is 2.18. The van der Waals surface area contributed by atoms with Gasteiger partial charge in [0.05, 0.1) is 12.8 Å². The number of ketones is 1. The zero-order chi connectivity index (χ0) is 16.8. The van der Waals surface area contributed by atoms with E-state index in [9.17, 15) is 14.4 Å². The quantitative estimate of drug-likeness (QED) is 0.813. The molecule has 0 bridgehead atoms. The first-order valence-corrected chi connectivity index (χ1v) is 8.09. The lowest BCUT2D eigenvalue weighted by atomic mass is 9.95. The van der Waals surface area contributed by atoms with Crippen molar-refractivity contribution in [1.29, 1.82) is 0 Å². The van der Waals surface area contributed by atoms with Crippen LogP contribution < -0.4 is 5.32 Å². The zero-order valence-electron chi connectivity index (χ0n) is 13.7. The molecular formula is C17H24N2O4. The largest absolute Gasteiger partial charge is 0.467 e. The van der Waals surface area contributed by atoms with Crippen LogP contribution in [0.2, 0.25) is 0 Å². The number of hydrogen-bond acceptors (Lipinski definition) is 4. The molecule has 2 amide bonds. The first kappa shape index (κ1) is 17.2. The summed E-state index contributed by atoms with van der Waals surface area (Å²) in [7, 11) is 0. The van der Waals surface area contributed by atoms with E-state index in [1.165, 1.54) is 31.4 Å². The number of carbonyl (C=O) groups is 3. The number of nitrogens with one attached hydrogen (secondary N) is 1. The standard InChI is InChI=1S/C17H24N2O4/c1-12(20)16(17(22)18-14-7-4-3-5-8-14)19(13(2)21)11-15-9-6-10-23-15/h6,9-10,14,16H,3-5,7-8,11H2,1-2H3,(H,18,22). The summed E-state index contributed by atoms with van der Waals surface area (Å²) in [5, 5.41) is 2.93. The molecule has 1 heterocycles. The lowest BCUT2D eigenvalue weighted by molar-refractivity contribution is -0.145. The van der Waals surface area contributed by atoms with E-state index >= 15 is 0 Å². The summed E-state index contributed by atoms with van der Waals surface area (Å²) >= 11 is 0. The molecule has 1 saturated carbocycles. The fourth-order valence-corrected chi connectivity index (χ4v) is 3.03. The molecule has 0 radical (unpaired) electrons. The predicted octanol–water partition coefficient (Wildman–Crippen LogP) is 2.03. The number of carbonyl (C=O) groups excluding carboxylic acids is 3. The molecule has 1 aliphatic carbocycles. The molecule has 126 valence electrons. The Morgan fingerprint density at radius 1 is 1.26 bits per heavy atom. The van der Waals surface area contributed by atoms with Crippen molar-refractivity contribution < 1.29 is 18.8 Å². The highest BCUT2D eigenvalue weighted by molar-refractivity contribution is 6.06. The monoisotopic (exact) mass is 320 g/mol. The summed E-state index contributed by atoms with van der Waals surface area (Å²) in [6.45, 7) is 2.79. The Morgan fingerprint density at radius 2 is 1.96 bits per heavy atom. The fourth-order valence-electron chi connectivity index (χ4n) is 3.03. The minimum atomic E-state index is -1.11. The van der Waals surface area contributed by atoms with Crippen LogP contribution >= 0.6 is 0 Å². The zero-order valence-corrected chi connectivity index (χ0v) is 13.7. The average Bonchev–Trinajstić information content (AvgIpc) is 3.00. The molecule has 1 aromatic heterocycles. The van der Waals surface area contributed by atoms with E-state index < -0.39 is 11.9 Å². The summed E-state index contributed by atoms with van der Waals surface area (Å²) in [6.07, 6.45) is 6.69. The number of Topliss-reactive ketones (excluding diaryl/α,β-unsaturated/α-hetero) is 1. The second-order valence-electron chi connectivity index (χ2n) is 6.08. The molecule has 1 unspecified atom stereocenters. The van der Waals surface area contributed by atoms with Gasteiger partial charge in [-0.2, -0.15) is 0 Å². The van der Waals surface area contributed by atoms with Crippen LogP contribution in [0.25, 0.3) is 0 Å². The van der Waals surface area contributed by atoms with Crippen molar-refractivity contribution in [2.45, 2.75) is 64.6 Å². The predicted molar refractivity (Wildman–Crippen MR) is 84.4 cm³/mol. The smallest absolute Gasteiger partial charge is 0.250 e. The molecule has 1 atom stereocenters. The lowest BCUT2D eigenvalue weighted by Gasteiger charge is -2.30. The number of hydrogen-bond donors (Lipinski definition) is 1. The van der Waals surface area contributed by atoms with Crippen molar-refractivity contribution in [3.8, 4) is 0 Å². The lowest BCUT2D eigenvalue weighted by Crippen LogP contribution is -2.54. The summed E-state index contributed by atoms with van der Waals surface area (Å²) in [4.78, 5) is 37.8. The highest BCUT2D eigenvalue weighted by atomic mass is 16.3. The maximum Gasteiger partial charge on any atom is 0.250 e. The van der Waals surface area contributed by atoms with Gasteiger partial charge in [-0.15, -0.1) is 0 Å². The molecule has 6 heteroatoms. The SMILES string of the molecule is CC(=O)C(C(=O)NC1CCCCC1)N(Cc1ccco1)C(C)=O. The van der Waals surface area contributed by atoms with E-state index in [-0.39, 0.29) is 24.3 Å². The number of furan rings is 1. The Balaban J connectivity index is 2.11. The van der Waals surface area contributed by atoms with Gasteiger partial charge >= 0.3 is 0 Å². The second kappa shape index (κ2) is 7.94. The first-order chi connectivity index (χ1) is 11.0. The van der Waals surface area contributed by atoms with Crippen LogP contribution in [0.1, 0.15) is 51.7 Å². The Labute approximate surface area is 136 Å². The maximum absolute atomic E-state index is 12.6. The average molecular weight is 320 g/mol. The van der Waals surface area contributed by atoms with Gasteiger partial charge in [0.25, 0.3) is 5.91 Å². The Morgan fingerprint density at radius 3 is 2.48 bits per heavy atom. The molecule has 0 aliphatic heterocycles. The molecule has 23 heavy (non-hydrogen) atoms. The third kappa shape index (κ3) is 4.68. The number of amides is 2. The molecule has 1 aromatic rings. The molecule has 0 aromatic carbocycles. The van der Waals surface area contributed by atoms with Crippen LogP contribution in [0.3, 0.4) is 0 Å². The van der Waals surface area contributed by atoms with Crippen molar-refractivity contribution in [2.24, 2.45) is 0 Å². The molecule has 1 N–H and O–H groups in total. The van der Waals surface area contributed by atoms with E-state index in [0.29, 0.717) is 5.76 Å². The Hall–Kier alpha value is -2.11. The summed E-state index contributed by atoms with van der Waals surface area (Å²) in [5.41, 5.74) is 0. The summed E-state index contributed by atoms with van der Waals surface area (Å²) in [6, 6.07) is 2.40. The van der Waals surface area contributed by atoms with Gasteiger partial charge in [0.2, 0.25) is 5.91 Å². The van der Waals surface area contributed by atoms with Crippen LogP contribution in [0.5, 0.6) is 0 Å². The van der Waals surface area contributed by atoms with Gasteiger partial charge in [-0.05, 0) is 31.9 Å². The second-order valence-corrected chi connectivity index (χ2v) is 6.08. The molecule has 6 nitrogen and oxygen atoms in total. The van der Waals surface area contributed by atoms with Crippen LogP contribution in [0, 0.1) is 0 Å².